The molecule has 2 fully saturated rings. The Morgan fingerprint density at radius 1 is 1.09 bits per heavy atom. The molecule has 2 aliphatic rings. The molecule has 0 radical (unpaired) electrons. The average molecular weight is 316 g/mol. The fraction of sp³-hybridized carbons (Fsp3) is 0.632. The van der Waals surface area contributed by atoms with Gasteiger partial charge in [0.2, 0.25) is 5.91 Å². The quantitative estimate of drug-likeness (QED) is 0.898. The summed E-state index contributed by atoms with van der Waals surface area (Å²) in [6.07, 6.45) is 8.36. The molecule has 0 aromatic heterocycles. The van der Waals surface area contributed by atoms with Gasteiger partial charge in [0.05, 0.1) is 13.2 Å². The van der Waals surface area contributed by atoms with Gasteiger partial charge in [-0.3, -0.25) is 4.79 Å². The lowest BCUT2D eigenvalue weighted by atomic mass is 9.86. The molecule has 1 aliphatic carbocycles. The van der Waals surface area contributed by atoms with Crippen molar-refractivity contribution in [2.75, 3.05) is 36.5 Å². The van der Waals surface area contributed by atoms with Gasteiger partial charge in [-0.2, -0.15) is 0 Å². The monoisotopic (exact) mass is 316 g/mol. The summed E-state index contributed by atoms with van der Waals surface area (Å²) in [4.78, 5) is 14.4. The van der Waals surface area contributed by atoms with E-state index in [1.807, 2.05) is 12.1 Å². The molecule has 23 heavy (non-hydrogen) atoms. The Kier molecular flexibility index (Phi) is 5.92. The summed E-state index contributed by atoms with van der Waals surface area (Å²) in [6, 6.07) is 8.18. The fourth-order valence-corrected chi connectivity index (χ4v) is 3.61. The van der Waals surface area contributed by atoms with Crippen molar-refractivity contribution in [3.05, 3.63) is 24.3 Å². The molecule has 3 rings (SSSR count). The molecule has 0 unspecified atom stereocenters. The predicted octanol–water partition coefficient (Wildman–Crippen LogP) is 3.82. The van der Waals surface area contributed by atoms with Crippen LogP contribution in [0.4, 0.5) is 11.4 Å². The van der Waals surface area contributed by atoms with E-state index in [-0.39, 0.29) is 5.91 Å². The van der Waals surface area contributed by atoms with Crippen molar-refractivity contribution in [2.45, 2.75) is 44.9 Å². The predicted molar refractivity (Wildman–Crippen MR) is 93.9 cm³/mol. The molecule has 1 saturated carbocycles. The van der Waals surface area contributed by atoms with Crippen molar-refractivity contribution < 1.29 is 9.53 Å². The van der Waals surface area contributed by atoms with Gasteiger partial charge in [0.15, 0.2) is 0 Å². The summed E-state index contributed by atoms with van der Waals surface area (Å²) in [7, 11) is 0. The van der Waals surface area contributed by atoms with E-state index in [1.54, 1.807) is 0 Å². The Labute approximate surface area is 139 Å². The number of amides is 1. The van der Waals surface area contributed by atoms with Crippen LogP contribution in [0.3, 0.4) is 0 Å². The number of carbonyl (C=O) groups is 1. The van der Waals surface area contributed by atoms with E-state index in [0.29, 0.717) is 6.42 Å². The van der Waals surface area contributed by atoms with E-state index in [9.17, 15) is 4.79 Å². The molecule has 1 heterocycles. The first-order chi connectivity index (χ1) is 11.3. The van der Waals surface area contributed by atoms with Gasteiger partial charge in [0.1, 0.15) is 0 Å². The Balaban J connectivity index is 1.44. The zero-order valence-electron chi connectivity index (χ0n) is 13.9. The van der Waals surface area contributed by atoms with Crippen molar-refractivity contribution in [1.82, 2.24) is 0 Å². The molecule has 0 atom stereocenters. The third-order valence-electron chi connectivity index (χ3n) is 5.03. The Morgan fingerprint density at radius 3 is 2.48 bits per heavy atom. The van der Waals surface area contributed by atoms with Gasteiger partial charge in [-0.1, -0.05) is 32.1 Å². The molecule has 0 bridgehead atoms. The minimum Gasteiger partial charge on any atom is -0.378 e. The van der Waals surface area contributed by atoms with Crippen LogP contribution in [0.25, 0.3) is 0 Å². The van der Waals surface area contributed by atoms with Gasteiger partial charge < -0.3 is 15.0 Å². The maximum atomic E-state index is 12.1. The fourth-order valence-electron chi connectivity index (χ4n) is 3.61. The van der Waals surface area contributed by atoms with E-state index in [1.165, 1.54) is 37.8 Å². The molecule has 4 heteroatoms. The molecular weight excluding hydrogens is 288 g/mol. The molecular formula is C19H28N2O2. The van der Waals surface area contributed by atoms with E-state index in [4.69, 9.17) is 4.74 Å². The number of benzene rings is 1. The first-order valence-corrected chi connectivity index (χ1v) is 9.04. The Morgan fingerprint density at radius 2 is 1.78 bits per heavy atom. The van der Waals surface area contributed by atoms with Gasteiger partial charge in [-0.15, -0.1) is 0 Å². The third-order valence-corrected chi connectivity index (χ3v) is 5.03. The van der Waals surface area contributed by atoms with Gasteiger partial charge in [0.25, 0.3) is 0 Å². The number of carbonyl (C=O) groups excluding carboxylic acids is 1. The average Bonchev–Trinajstić information content (AvgIpc) is 2.62. The van der Waals surface area contributed by atoms with Crippen molar-refractivity contribution >= 4 is 17.3 Å². The van der Waals surface area contributed by atoms with Gasteiger partial charge in [-0.25, -0.2) is 0 Å². The second-order valence-electron chi connectivity index (χ2n) is 6.74. The standard InChI is InChI=1S/C19H28N2O2/c22-19(11-6-16-4-2-1-3-5-16)20-17-7-9-18(10-8-17)21-12-14-23-15-13-21/h7-10,16H,1-6,11-15H2,(H,20,22). The number of nitrogens with one attached hydrogen (secondary N) is 1. The van der Waals surface area contributed by atoms with Crippen molar-refractivity contribution in [1.29, 1.82) is 0 Å². The first-order valence-electron chi connectivity index (χ1n) is 9.04. The van der Waals surface area contributed by atoms with Gasteiger partial charge >= 0.3 is 0 Å². The minimum absolute atomic E-state index is 0.148. The SMILES string of the molecule is O=C(CCC1CCCCC1)Nc1ccc(N2CCOCC2)cc1. The number of nitrogens with zero attached hydrogens (tertiary/aromatic N) is 1. The summed E-state index contributed by atoms with van der Waals surface area (Å²) in [5, 5.41) is 3.03. The second kappa shape index (κ2) is 8.34. The summed E-state index contributed by atoms with van der Waals surface area (Å²) >= 11 is 0. The smallest absolute Gasteiger partial charge is 0.224 e. The number of morpholine rings is 1. The molecule has 4 nitrogen and oxygen atoms in total. The minimum atomic E-state index is 0.148. The van der Waals surface area contributed by atoms with E-state index < -0.39 is 0 Å². The third kappa shape index (κ3) is 4.96. The molecule has 1 aliphatic heterocycles. The van der Waals surface area contributed by atoms with E-state index in [0.717, 1.165) is 44.3 Å². The van der Waals surface area contributed by atoms with Crippen molar-refractivity contribution in [3.63, 3.8) is 0 Å². The molecule has 1 amide bonds. The highest BCUT2D eigenvalue weighted by molar-refractivity contribution is 5.90. The van der Waals surface area contributed by atoms with Crippen molar-refractivity contribution in [3.8, 4) is 0 Å². The number of anilines is 2. The van der Waals surface area contributed by atoms with Gasteiger partial charge in [-0.05, 0) is 36.6 Å². The number of hydrogen-bond donors (Lipinski definition) is 1. The normalized spacial score (nSPS) is 19.6. The lowest BCUT2D eigenvalue weighted by Crippen LogP contribution is -2.36. The Bertz CT molecular complexity index is 489. The van der Waals surface area contributed by atoms with Crippen LogP contribution in [0.1, 0.15) is 44.9 Å². The van der Waals surface area contributed by atoms with Crippen molar-refractivity contribution in [2.24, 2.45) is 5.92 Å². The zero-order chi connectivity index (χ0) is 15.9. The lowest BCUT2D eigenvalue weighted by Gasteiger charge is -2.28. The first kappa shape index (κ1) is 16.3. The second-order valence-corrected chi connectivity index (χ2v) is 6.74. The Hall–Kier alpha value is -1.55. The summed E-state index contributed by atoms with van der Waals surface area (Å²) in [6.45, 7) is 3.46. The molecule has 126 valence electrons. The lowest BCUT2D eigenvalue weighted by molar-refractivity contribution is -0.116. The van der Waals surface area contributed by atoms with Gasteiger partial charge in [0, 0.05) is 30.9 Å². The van der Waals surface area contributed by atoms with Crippen LogP contribution in [-0.4, -0.2) is 32.2 Å². The molecule has 0 spiro atoms. The van der Waals surface area contributed by atoms with E-state index >= 15 is 0 Å². The summed E-state index contributed by atoms with van der Waals surface area (Å²) < 4.78 is 5.38. The van der Waals surface area contributed by atoms with Crippen LogP contribution >= 0.6 is 0 Å². The molecule has 1 saturated heterocycles. The number of hydrogen-bond acceptors (Lipinski definition) is 3. The van der Waals surface area contributed by atoms with E-state index in [2.05, 4.69) is 22.3 Å². The largest absolute Gasteiger partial charge is 0.378 e. The van der Waals surface area contributed by atoms with Crippen LogP contribution in [0.5, 0.6) is 0 Å². The number of ether oxygens (including phenoxy) is 1. The molecule has 1 N–H and O–H groups in total. The van der Waals surface area contributed by atoms with Crippen LogP contribution in [0.2, 0.25) is 0 Å². The van der Waals surface area contributed by atoms with Crippen LogP contribution in [0.15, 0.2) is 24.3 Å². The maximum Gasteiger partial charge on any atom is 0.224 e. The highest BCUT2D eigenvalue weighted by Gasteiger charge is 2.15. The highest BCUT2D eigenvalue weighted by Crippen LogP contribution is 2.27. The summed E-state index contributed by atoms with van der Waals surface area (Å²) in [5.41, 5.74) is 2.10. The molecule has 1 aromatic carbocycles. The maximum absolute atomic E-state index is 12.1. The zero-order valence-corrected chi connectivity index (χ0v) is 13.9. The van der Waals surface area contributed by atoms with Crippen LogP contribution < -0.4 is 10.2 Å². The molecule has 1 aromatic rings. The number of rotatable bonds is 5. The topological polar surface area (TPSA) is 41.6 Å². The van der Waals surface area contributed by atoms with Crippen LogP contribution in [0, 0.1) is 5.92 Å². The van der Waals surface area contributed by atoms with Crippen LogP contribution in [-0.2, 0) is 9.53 Å². The highest BCUT2D eigenvalue weighted by atomic mass is 16.5. The summed E-state index contributed by atoms with van der Waals surface area (Å²) in [5.74, 6) is 0.910.